The number of amides is 3. The quantitative estimate of drug-likeness (QED) is 0.369. The van der Waals surface area contributed by atoms with Crippen molar-refractivity contribution < 1.29 is 14.3 Å². The topological polar surface area (TPSA) is 119 Å². The number of urea groups is 1. The Morgan fingerprint density at radius 3 is 1.96 bits per heavy atom. The molecule has 3 saturated heterocycles. The molecular weight excluding hydrogens is 594 g/mol. The lowest BCUT2D eigenvalue weighted by molar-refractivity contribution is 0.0595. The monoisotopic (exact) mass is 641 g/mol. The zero-order valence-corrected chi connectivity index (χ0v) is 28.1. The van der Waals surface area contributed by atoms with Crippen LogP contribution in [0.1, 0.15) is 57.8 Å². The van der Waals surface area contributed by atoms with Crippen LogP contribution in [0.3, 0.4) is 0 Å². The Bertz CT molecular complexity index is 1530. The van der Waals surface area contributed by atoms with Crippen molar-refractivity contribution in [1.29, 1.82) is 0 Å². The van der Waals surface area contributed by atoms with E-state index in [2.05, 4.69) is 60.0 Å². The fourth-order valence-corrected chi connectivity index (χ4v) is 6.66. The van der Waals surface area contributed by atoms with Crippen LogP contribution in [0.4, 0.5) is 28.1 Å². The zero-order valence-electron chi connectivity index (χ0n) is 28.1. The SMILES string of the molecule is CC(C)N1CCN(C(=O)c2ccc(NC(=O)Nc3ccc(-c4nc(N5CCOCC5C)nc(N5[C@H](C)CC[C@@H]5C)n4)cc3)cc2)CC1. The van der Waals surface area contributed by atoms with Crippen LogP contribution in [-0.4, -0.2) is 107 Å². The maximum absolute atomic E-state index is 13.0. The van der Waals surface area contributed by atoms with Gasteiger partial charge in [-0.25, -0.2) is 4.79 Å². The first-order chi connectivity index (χ1) is 22.7. The zero-order chi connectivity index (χ0) is 33.1. The first-order valence-electron chi connectivity index (χ1n) is 16.9. The number of aromatic nitrogens is 3. The summed E-state index contributed by atoms with van der Waals surface area (Å²) in [5, 5.41) is 5.75. The molecule has 1 unspecified atom stereocenters. The molecule has 0 saturated carbocycles. The summed E-state index contributed by atoms with van der Waals surface area (Å²) in [6.45, 7) is 16.1. The Hall–Kier alpha value is -4.29. The predicted molar refractivity (Wildman–Crippen MR) is 185 cm³/mol. The predicted octanol–water partition coefficient (Wildman–Crippen LogP) is 4.95. The number of nitrogens with one attached hydrogen (secondary N) is 2. The van der Waals surface area contributed by atoms with Crippen molar-refractivity contribution in [2.75, 3.05) is 66.4 Å². The number of morpholine rings is 1. The van der Waals surface area contributed by atoms with Gasteiger partial charge in [0.15, 0.2) is 5.82 Å². The summed E-state index contributed by atoms with van der Waals surface area (Å²) in [6, 6.07) is 15.5. The number of anilines is 4. The lowest BCUT2D eigenvalue weighted by Crippen LogP contribution is -2.50. The average molecular weight is 642 g/mol. The Morgan fingerprint density at radius 1 is 0.766 bits per heavy atom. The van der Waals surface area contributed by atoms with E-state index in [4.69, 9.17) is 19.7 Å². The van der Waals surface area contributed by atoms with Gasteiger partial charge in [0, 0.05) is 73.4 Å². The van der Waals surface area contributed by atoms with Gasteiger partial charge in [0.05, 0.1) is 19.3 Å². The minimum absolute atomic E-state index is 0.0193. The second kappa shape index (κ2) is 14.2. The molecule has 0 spiro atoms. The van der Waals surface area contributed by atoms with E-state index in [-0.39, 0.29) is 18.0 Å². The molecule has 250 valence electrons. The second-order valence-corrected chi connectivity index (χ2v) is 13.2. The van der Waals surface area contributed by atoms with E-state index in [0.29, 0.717) is 66.0 Å². The van der Waals surface area contributed by atoms with Crippen molar-refractivity contribution in [3.8, 4) is 11.4 Å². The summed E-state index contributed by atoms with van der Waals surface area (Å²) >= 11 is 0. The molecule has 3 aliphatic rings. The number of hydrogen-bond donors (Lipinski definition) is 2. The molecule has 0 aliphatic carbocycles. The fraction of sp³-hybridized carbons (Fsp3) is 0.514. The van der Waals surface area contributed by atoms with Gasteiger partial charge in [-0.2, -0.15) is 15.0 Å². The third kappa shape index (κ3) is 7.49. The maximum atomic E-state index is 13.0. The molecule has 47 heavy (non-hydrogen) atoms. The molecule has 3 amide bonds. The van der Waals surface area contributed by atoms with Gasteiger partial charge in [0.1, 0.15) is 0 Å². The summed E-state index contributed by atoms with van der Waals surface area (Å²) in [6.07, 6.45) is 2.21. The third-order valence-electron chi connectivity index (χ3n) is 9.54. The normalized spacial score (nSPS) is 22.1. The number of piperazine rings is 1. The molecule has 3 aromatic rings. The van der Waals surface area contributed by atoms with Gasteiger partial charge in [0.25, 0.3) is 5.91 Å². The highest BCUT2D eigenvalue weighted by molar-refractivity contribution is 6.00. The molecule has 2 aromatic carbocycles. The first kappa shape index (κ1) is 32.6. The van der Waals surface area contributed by atoms with Crippen molar-refractivity contribution in [2.45, 2.75) is 71.6 Å². The standard InChI is InChI=1S/C35H47N9O3/c1-23(2)41-16-18-42(19-17-41)32(45)28-10-14-30(15-11-28)37-35(46)36-29-12-8-27(9-13-29)31-38-33(43-20-21-47-22-26(43)5)40-34(39-31)44-24(3)6-7-25(44)4/h8-15,23-26H,6-7,16-22H2,1-5H3,(H2,36,37,46)/t24-,25+,26?. The van der Waals surface area contributed by atoms with Crippen molar-refractivity contribution in [3.05, 3.63) is 54.1 Å². The molecule has 3 atom stereocenters. The summed E-state index contributed by atoms with van der Waals surface area (Å²) < 4.78 is 5.66. The van der Waals surface area contributed by atoms with Gasteiger partial charge < -0.3 is 30.1 Å². The van der Waals surface area contributed by atoms with Gasteiger partial charge in [-0.15, -0.1) is 0 Å². The number of carbonyl (C=O) groups excluding carboxylic acids is 2. The molecule has 4 heterocycles. The van der Waals surface area contributed by atoms with Crippen molar-refractivity contribution in [2.24, 2.45) is 0 Å². The van der Waals surface area contributed by atoms with Crippen LogP contribution in [-0.2, 0) is 4.74 Å². The van der Waals surface area contributed by atoms with Crippen LogP contribution in [0.15, 0.2) is 48.5 Å². The van der Waals surface area contributed by atoms with E-state index < -0.39 is 0 Å². The Balaban J connectivity index is 1.11. The molecular formula is C35H47N9O3. The van der Waals surface area contributed by atoms with Crippen LogP contribution in [0.5, 0.6) is 0 Å². The van der Waals surface area contributed by atoms with Gasteiger partial charge >= 0.3 is 6.03 Å². The molecule has 0 bridgehead atoms. The van der Waals surface area contributed by atoms with Crippen LogP contribution >= 0.6 is 0 Å². The van der Waals surface area contributed by atoms with E-state index in [9.17, 15) is 9.59 Å². The molecule has 3 fully saturated rings. The summed E-state index contributed by atoms with van der Waals surface area (Å²) in [4.78, 5) is 49.4. The highest BCUT2D eigenvalue weighted by Crippen LogP contribution is 2.31. The number of ether oxygens (including phenoxy) is 1. The molecule has 0 radical (unpaired) electrons. The molecule has 6 rings (SSSR count). The van der Waals surface area contributed by atoms with E-state index in [0.717, 1.165) is 51.1 Å². The fourth-order valence-electron chi connectivity index (χ4n) is 6.66. The molecule has 12 nitrogen and oxygen atoms in total. The number of carbonyl (C=O) groups is 2. The van der Waals surface area contributed by atoms with E-state index >= 15 is 0 Å². The van der Waals surface area contributed by atoms with Crippen LogP contribution in [0.2, 0.25) is 0 Å². The van der Waals surface area contributed by atoms with Gasteiger partial charge in [0.2, 0.25) is 11.9 Å². The van der Waals surface area contributed by atoms with E-state index in [1.54, 1.807) is 24.3 Å². The Morgan fingerprint density at radius 2 is 1.36 bits per heavy atom. The number of rotatable bonds is 7. The third-order valence-corrected chi connectivity index (χ3v) is 9.54. The van der Waals surface area contributed by atoms with Crippen LogP contribution in [0.25, 0.3) is 11.4 Å². The highest BCUT2D eigenvalue weighted by Gasteiger charge is 2.32. The second-order valence-electron chi connectivity index (χ2n) is 13.2. The Kier molecular flexibility index (Phi) is 9.88. The van der Waals surface area contributed by atoms with Crippen molar-refractivity contribution in [1.82, 2.24) is 24.8 Å². The maximum Gasteiger partial charge on any atom is 0.323 e. The van der Waals surface area contributed by atoms with E-state index in [1.807, 2.05) is 29.2 Å². The number of nitrogens with zero attached hydrogens (tertiary/aromatic N) is 7. The van der Waals surface area contributed by atoms with Crippen LogP contribution in [0, 0.1) is 0 Å². The average Bonchev–Trinajstić information content (AvgIpc) is 3.42. The number of benzene rings is 2. The van der Waals surface area contributed by atoms with Crippen molar-refractivity contribution in [3.63, 3.8) is 0 Å². The van der Waals surface area contributed by atoms with Crippen molar-refractivity contribution >= 4 is 35.2 Å². The molecule has 2 N–H and O–H groups in total. The smallest absolute Gasteiger partial charge is 0.323 e. The lowest BCUT2D eigenvalue weighted by Gasteiger charge is -2.37. The lowest BCUT2D eigenvalue weighted by atomic mass is 10.1. The van der Waals surface area contributed by atoms with Gasteiger partial charge in [-0.05, 0) is 96.0 Å². The van der Waals surface area contributed by atoms with Gasteiger partial charge in [-0.3, -0.25) is 9.69 Å². The van der Waals surface area contributed by atoms with E-state index in [1.165, 1.54) is 0 Å². The highest BCUT2D eigenvalue weighted by atomic mass is 16.5. The first-order valence-corrected chi connectivity index (χ1v) is 16.9. The minimum atomic E-state index is -0.371. The Labute approximate surface area is 277 Å². The molecule has 3 aliphatic heterocycles. The largest absolute Gasteiger partial charge is 0.377 e. The van der Waals surface area contributed by atoms with Crippen LogP contribution < -0.4 is 20.4 Å². The summed E-state index contributed by atoms with van der Waals surface area (Å²) in [7, 11) is 0. The number of hydrogen-bond acceptors (Lipinski definition) is 9. The molecule has 1 aromatic heterocycles. The summed E-state index contributed by atoms with van der Waals surface area (Å²) in [5.41, 5.74) is 2.70. The minimum Gasteiger partial charge on any atom is -0.377 e. The molecule has 12 heteroatoms. The summed E-state index contributed by atoms with van der Waals surface area (Å²) in [5.74, 6) is 1.98. The van der Waals surface area contributed by atoms with Gasteiger partial charge in [-0.1, -0.05) is 0 Å².